The molecule has 4 rings (SSSR count). The summed E-state index contributed by atoms with van der Waals surface area (Å²) in [7, 11) is 0. The van der Waals surface area contributed by atoms with Crippen LogP contribution in [0.2, 0.25) is 0 Å². The van der Waals surface area contributed by atoms with E-state index in [0.717, 1.165) is 23.5 Å². The van der Waals surface area contributed by atoms with Gasteiger partial charge in [0.1, 0.15) is 47.1 Å². The number of nitrogens with two attached hydrogens (primary N) is 2. The van der Waals surface area contributed by atoms with Gasteiger partial charge in [-0.15, -0.1) is 0 Å². The van der Waals surface area contributed by atoms with Gasteiger partial charge in [-0.3, -0.25) is 0 Å². The van der Waals surface area contributed by atoms with Crippen LogP contribution in [0.1, 0.15) is 5.69 Å². The van der Waals surface area contributed by atoms with E-state index in [0.29, 0.717) is 28.8 Å². The molecule has 0 unspecified atom stereocenters. The van der Waals surface area contributed by atoms with Crippen LogP contribution in [-0.4, -0.2) is 15.0 Å². The molecule has 0 saturated heterocycles. The van der Waals surface area contributed by atoms with Gasteiger partial charge >= 0.3 is 0 Å². The lowest BCUT2D eigenvalue weighted by molar-refractivity contribution is 0.482. The standard InChI is InChI=1S/C22H17N7O2S/c23-13-16-11-18(8-9-26-16)30-17-6-4-15(5-7-17)27-21-12-20(28-22(24)29-21)14-2-1-3-19(10-14)31-32-25/h1-12H,25H2,(H3,24,27,28,29). The molecule has 0 spiro atoms. The summed E-state index contributed by atoms with van der Waals surface area (Å²) in [5.74, 6) is 2.42. The van der Waals surface area contributed by atoms with Crippen molar-refractivity contribution < 1.29 is 8.92 Å². The summed E-state index contributed by atoms with van der Waals surface area (Å²) in [5, 5.41) is 17.5. The lowest BCUT2D eigenvalue weighted by atomic mass is 10.1. The summed E-state index contributed by atoms with van der Waals surface area (Å²) in [6.07, 6.45) is 1.53. The third-order valence-corrected chi connectivity index (χ3v) is 4.51. The molecule has 0 atom stereocenters. The van der Waals surface area contributed by atoms with Crippen molar-refractivity contribution in [3.8, 4) is 34.6 Å². The fraction of sp³-hybridized carbons (Fsp3) is 0. The van der Waals surface area contributed by atoms with Crippen LogP contribution in [0.25, 0.3) is 11.3 Å². The van der Waals surface area contributed by atoms with E-state index >= 15 is 0 Å². The molecular formula is C22H17N7O2S. The molecule has 0 aliphatic carbocycles. The van der Waals surface area contributed by atoms with E-state index in [1.807, 2.05) is 36.4 Å². The number of nitrogens with one attached hydrogen (secondary N) is 1. The van der Waals surface area contributed by atoms with Crippen LogP contribution in [0, 0.1) is 11.3 Å². The lowest BCUT2D eigenvalue weighted by Gasteiger charge is -2.10. The molecule has 0 aliphatic rings. The number of nitriles is 1. The first-order valence-corrected chi connectivity index (χ1v) is 10.1. The third-order valence-electron chi connectivity index (χ3n) is 4.23. The van der Waals surface area contributed by atoms with E-state index < -0.39 is 0 Å². The zero-order chi connectivity index (χ0) is 22.3. The molecule has 5 N–H and O–H groups in total. The van der Waals surface area contributed by atoms with Crippen LogP contribution in [0.3, 0.4) is 0 Å². The summed E-state index contributed by atoms with van der Waals surface area (Å²) in [5.41, 5.74) is 8.44. The topological polar surface area (TPSA) is 145 Å². The van der Waals surface area contributed by atoms with Crippen LogP contribution in [0.4, 0.5) is 17.5 Å². The number of pyridine rings is 1. The lowest BCUT2D eigenvalue weighted by Crippen LogP contribution is -2.01. The van der Waals surface area contributed by atoms with Gasteiger partial charge in [0, 0.05) is 29.6 Å². The van der Waals surface area contributed by atoms with Gasteiger partial charge in [0.15, 0.2) is 0 Å². The van der Waals surface area contributed by atoms with Crippen LogP contribution < -0.4 is 25.1 Å². The second-order valence-corrected chi connectivity index (χ2v) is 6.80. The number of nitrogens with zero attached hydrogens (tertiary/aromatic N) is 4. The summed E-state index contributed by atoms with van der Waals surface area (Å²) in [4.78, 5) is 12.5. The fourth-order valence-corrected chi connectivity index (χ4v) is 3.08. The summed E-state index contributed by atoms with van der Waals surface area (Å²) >= 11 is 0.773. The Morgan fingerprint density at radius 2 is 1.78 bits per heavy atom. The van der Waals surface area contributed by atoms with Crippen LogP contribution in [0.15, 0.2) is 72.9 Å². The van der Waals surface area contributed by atoms with Crippen molar-refractivity contribution in [3.63, 3.8) is 0 Å². The van der Waals surface area contributed by atoms with Gasteiger partial charge in [0.05, 0.1) is 5.69 Å². The predicted octanol–water partition coefficient (Wildman–Crippen LogP) is 4.43. The third kappa shape index (κ3) is 5.23. The molecule has 0 radical (unpaired) electrons. The minimum atomic E-state index is 0.135. The molecule has 2 aromatic carbocycles. The van der Waals surface area contributed by atoms with Gasteiger partial charge in [0.2, 0.25) is 5.95 Å². The van der Waals surface area contributed by atoms with E-state index in [1.54, 1.807) is 36.4 Å². The highest BCUT2D eigenvalue weighted by atomic mass is 32.2. The fourth-order valence-electron chi connectivity index (χ4n) is 2.87. The largest absolute Gasteiger partial charge is 0.457 e. The second-order valence-electron chi connectivity index (χ2n) is 6.44. The molecule has 4 aromatic rings. The quantitative estimate of drug-likeness (QED) is 0.277. The Kier molecular flexibility index (Phi) is 6.31. The Morgan fingerprint density at radius 3 is 2.56 bits per heavy atom. The maximum absolute atomic E-state index is 8.95. The number of hydrogen-bond donors (Lipinski definition) is 3. The predicted molar refractivity (Wildman–Crippen MR) is 123 cm³/mol. The maximum Gasteiger partial charge on any atom is 0.222 e. The maximum atomic E-state index is 8.95. The SMILES string of the molecule is N#Cc1cc(Oc2ccc(Nc3cc(-c4cccc(OSN)c4)nc(N)n3)cc2)ccn1. The highest BCUT2D eigenvalue weighted by Crippen LogP contribution is 2.28. The Labute approximate surface area is 188 Å². The normalized spacial score (nSPS) is 10.2. The number of rotatable bonds is 7. The van der Waals surface area contributed by atoms with Gasteiger partial charge in [-0.2, -0.15) is 10.2 Å². The first kappa shape index (κ1) is 20.9. The van der Waals surface area contributed by atoms with Gasteiger partial charge in [-0.1, -0.05) is 12.1 Å². The van der Waals surface area contributed by atoms with Crippen molar-refractivity contribution in [2.45, 2.75) is 0 Å². The zero-order valence-electron chi connectivity index (χ0n) is 16.6. The number of benzene rings is 2. The van der Waals surface area contributed by atoms with Crippen LogP contribution in [0.5, 0.6) is 17.2 Å². The Morgan fingerprint density at radius 1 is 0.938 bits per heavy atom. The van der Waals surface area contributed by atoms with Crippen LogP contribution in [-0.2, 0) is 0 Å². The van der Waals surface area contributed by atoms with E-state index in [9.17, 15) is 0 Å². The second kappa shape index (κ2) is 9.65. The molecule has 10 heteroatoms. The van der Waals surface area contributed by atoms with Gasteiger partial charge in [0.25, 0.3) is 0 Å². The first-order chi connectivity index (χ1) is 15.6. The number of anilines is 3. The van der Waals surface area contributed by atoms with Crippen molar-refractivity contribution in [2.75, 3.05) is 11.1 Å². The van der Waals surface area contributed by atoms with Gasteiger partial charge in [-0.25, -0.2) is 15.1 Å². The summed E-state index contributed by atoms with van der Waals surface area (Å²) < 4.78 is 11.0. The van der Waals surface area contributed by atoms with Crippen molar-refractivity contribution in [3.05, 3.63) is 78.6 Å². The molecule has 0 fully saturated rings. The molecular weight excluding hydrogens is 426 g/mol. The summed E-state index contributed by atoms with van der Waals surface area (Å²) in [6.45, 7) is 0. The smallest absolute Gasteiger partial charge is 0.222 e. The average Bonchev–Trinajstić information content (AvgIpc) is 2.80. The Bertz CT molecular complexity index is 1280. The molecule has 0 aliphatic heterocycles. The molecule has 2 aromatic heterocycles. The number of ether oxygens (including phenoxy) is 1. The monoisotopic (exact) mass is 443 g/mol. The first-order valence-electron chi connectivity index (χ1n) is 9.32. The van der Waals surface area contributed by atoms with E-state index in [2.05, 4.69) is 20.3 Å². The minimum Gasteiger partial charge on any atom is -0.457 e. The molecule has 0 saturated carbocycles. The Balaban J connectivity index is 1.50. The van der Waals surface area contributed by atoms with E-state index in [4.69, 9.17) is 25.1 Å². The minimum absolute atomic E-state index is 0.135. The van der Waals surface area contributed by atoms with Crippen molar-refractivity contribution in [1.29, 1.82) is 5.26 Å². The van der Waals surface area contributed by atoms with E-state index in [1.165, 1.54) is 6.20 Å². The Hall–Kier alpha value is -4.33. The van der Waals surface area contributed by atoms with Crippen molar-refractivity contribution in [1.82, 2.24) is 15.0 Å². The molecule has 9 nitrogen and oxygen atoms in total. The van der Waals surface area contributed by atoms with Gasteiger partial charge < -0.3 is 20.0 Å². The average molecular weight is 443 g/mol. The highest BCUT2D eigenvalue weighted by Gasteiger charge is 2.08. The molecule has 2 heterocycles. The zero-order valence-corrected chi connectivity index (χ0v) is 17.4. The molecule has 0 bridgehead atoms. The number of aromatic nitrogens is 3. The molecule has 32 heavy (non-hydrogen) atoms. The highest BCUT2D eigenvalue weighted by molar-refractivity contribution is 7.92. The van der Waals surface area contributed by atoms with Crippen molar-refractivity contribution in [2.24, 2.45) is 5.14 Å². The van der Waals surface area contributed by atoms with E-state index in [-0.39, 0.29) is 11.6 Å². The molecule has 0 amide bonds. The van der Waals surface area contributed by atoms with Crippen LogP contribution >= 0.6 is 12.2 Å². The summed E-state index contributed by atoms with van der Waals surface area (Å²) in [6, 6.07) is 21.6. The molecule has 158 valence electrons. The number of nitrogen functional groups attached to an aromatic ring is 1. The van der Waals surface area contributed by atoms with Gasteiger partial charge in [-0.05, 0) is 42.5 Å². The number of hydrogen-bond acceptors (Lipinski definition) is 10. The van der Waals surface area contributed by atoms with Crippen molar-refractivity contribution >= 4 is 29.7 Å².